The minimum absolute atomic E-state index is 0.290. The van der Waals surface area contributed by atoms with Crippen molar-refractivity contribution in [1.82, 2.24) is 9.97 Å². The lowest BCUT2D eigenvalue weighted by Gasteiger charge is -2.12. The Morgan fingerprint density at radius 1 is 1.53 bits per heavy atom. The van der Waals surface area contributed by atoms with Gasteiger partial charge in [-0.05, 0) is 6.42 Å². The number of rotatable bonds is 5. The second-order valence-corrected chi connectivity index (χ2v) is 3.13. The van der Waals surface area contributed by atoms with Gasteiger partial charge < -0.3 is 9.84 Å². The molecule has 1 aromatic rings. The molecule has 5 nitrogen and oxygen atoms in total. The maximum Gasteiger partial charge on any atom is 0.312 e. The molecule has 1 aromatic heterocycles. The molecule has 5 heteroatoms. The van der Waals surface area contributed by atoms with E-state index in [9.17, 15) is 4.79 Å². The van der Waals surface area contributed by atoms with Crippen LogP contribution in [0.4, 0.5) is 0 Å². The first-order valence-electron chi connectivity index (χ1n) is 4.78. The molecule has 0 fully saturated rings. The molecule has 82 valence electrons. The third-order valence-corrected chi connectivity index (χ3v) is 2.09. The van der Waals surface area contributed by atoms with Crippen LogP contribution < -0.4 is 4.74 Å². The van der Waals surface area contributed by atoms with Crippen LogP contribution in [0.15, 0.2) is 12.4 Å². The molecule has 15 heavy (non-hydrogen) atoms. The Kier molecular flexibility index (Phi) is 4.03. The summed E-state index contributed by atoms with van der Waals surface area (Å²) in [4.78, 5) is 19.0. The van der Waals surface area contributed by atoms with E-state index in [0.29, 0.717) is 18.0 Å². The van der Waals surface area contributed by atoms with Gasteiger partial charge in [-0.3, -0.25) is 9.78 Å². The number of carboxylic acids is 1. The van der Waals surface area contributed by atoms with Gasteiger partial charge in [0.1, 0.15) is 11.6 Å². The largest absolute Gasteiger partial charge is 0.481 e. The zero-order valence-electron chi connectivity index (χ0n) is 8.80. The van der Waals surface area contributed by atoms with Crippen LogP contribution >= 0.6 is 0 Å². The summed E-state index contributed by atoms with van der Waals surface area (Å²) in [7, 11) is 1.46. The topological polar surface area (TPSA) is 72.3 Å². The van der Waals surface area contributed by atoms with Gasteiger partial charge in [-0.2, -0.15) is 0 Å². The molecule has 0 saturated heterocycles. The second-order valence-electron chi connectivity index (χ2n) is 3.13. The zero-order chi connectivity index (χ0) is 11.3. The molecule has 1 rings (SSSR count). The van der Waals surface area contributed by atoms with Crippen LogP contribution in [-0.4, -0.2) is 28.2 Å². The quantitative estimate of drug-likeness (QED) is 0.796. The van der Waals surface area contributed by atoms with Crippen LogP contribution in [0.2, 0.25) is 0 Å². The maximum absolute atomic E-state index is 11.0. The fourth-order valence-corrected chi connectivity index (χ4v) is 1.40. The Bertz CT molecular complexity index is 341. The molecule has 0 aliphatic heterocycles. The predicted molar refractivity (Wildman–Crippen MR) is 53.9 cm³/mol. The molecule has 1 atom stereocenters. The van der Waals surface area contributed by atoms with Crippen molar-refractivity contribution in [1.29, 1.82) is 0 Å². The Morgan fingerprint density at radius 2 is 2.20 bits per heavy atom. The number of nitrogens with zero attached hydrogens (tertiary/aromatic N) is 2. The van der Waals surface area contributed by atoms with Crippen molar-refractivity contribution in [2.45, 2.75) is 25.7 Å². The lowest BCUT2D eigenvalue weighted by Crippen LogP contribution is -2.14. The van der Waals surface area contributed by atoms with Crippen molar-refractivity contribution in [3.05, 3.63) is 18.1 Å². The van der Waals surface area contributed by atoms with Crippen LogP contribution in [0.1, 0.15) is 31.4 Å². The standard InChI is InChI=1S/C10H14N2O3/c1-3-4-7(10(13)14)8-9(15-2)12-6-5-11-8/h5-7H,3-4H2,1-2H3,(H,13,14). The molecule has 1 unspecified atom stereocenters. The Hall–Kier alpha value is -1.65. The first kappa shape index (κ1) is 11.4. The number of hydrogen-bond donors (Lipinski definition) is 1. The van der Waals surface area contributed by atoms with Crippen molar-refractivity contribution >= 4 is 5.97 Å². The predicted octanol–water partition coefficient (Wildman–Crippen LogP) is 1.45. The van der Waals surface area contributed by atoms with Crippen LogP contribution in [0.25, 0.3) is 0 Å². The molecule has 0 amide bonds. The van der Waals surface area contributed by atoms with Crippen molar-refractivity contribution in [3.8, 4) is 5.88 Å². The smallest absolute Gasteiger partial charge is 0.312 e. The van der Waals surface area contributed by atoms with Gasteiger partial charge in [0.25, 0.3) is 0 Å². The minimum atomic E-state index is -0.893. The van der Waals surface area contributed by atoms with E-state index in [-0.39, 0.29) is 0 Å². The number of aliphatic carboxylic acids is 1. The SMILES string of the molecule is CCCC(C(=O)O)c1nccnc1OC. The monoisotopic (exact) mass is 210 g/mol. The van der Waals surface area contributed by atoms with Gasteiger partial charge in [0, 0.05) is 12.4 Å². The van der Waals surface area contributed by atoms with Crippen molar-refractivity contribution in [2.75, 3.05) is 7.11 Å². The molecule has 1 N–H and O–H groups in total. The molecule has 0 bridgehead atoms. The number of carboxylic acid groups (broad SMARTS) is 1. The van der Waals surface area contributed by atoms with Crippen LogP contribution in [0.5, 0.6) is 5.88 Å². The average molecular weight is 210 g/mol. The highest BCUT2D eigenvalue weighted by atomic mass is 16.5. The summed E-state index contributed by atoms with van der Waals surface area (Å²) in [6, 6.07) is 0. The van der Waals surface area contributed by atoms with Crippen molar-refractivity contribution in [3.63, 3.8) is 0 Å². The summed E-state index contributed by atoms with van der Waals surface area (Å²) >= 11 is 0. The van der Waals surface area contributed by atoms with Gasteiger partial charge in [0.2, 0.25) is 5.88 Å². The van der Waals surface area contributed by atoms with E-state index in [4.69, 9.17) is 9.84 Å². The number of aromatic nitrogens is 2. The molecule has 1 heterocycles. The number of hydrogen-bond acceptors (Lipinski definition) is 4. The van der Waals surface area contributed by atoms with Gasteiger partial charge in [-0.15, -0.1) is 0 Å². The van der Waals surface area contributed by atoms with E-state index in [2.05, 4.69) is 9.97 Å². The molecular formula is C10H14N2O3. The van der Waals surface area contributed by atoms with Gasteiger partial charge in [0.05, 0.1) is 7.11 Å². The Morgan fingerprint density at radius 3 is 2.73 bits per heavy atom. The minimum Gasteiger partial charge on any atom is -0.481 e. The summed E-state index contributed by atoms with van der Waals surface area (Å²) in [6.07, 6.45) is 4.26. The highest BCUT2D eigenvalue weighted by molar-refractivity contribution is 5.76. The van der Waals surface area contributed by atoms with E-state index in [1.54, 1.807) is 0 Å². The molecule has 0 aliphatic rings. The number of carbonyl (C=O) groups is 1. The molecule has 0 aromatic carbocycles. The van der Waals surface area contributed by atoms with E-state index in [1.807, 2.05) is 6.92 Å². The van der Waals surface area contributed by atoms with E-state index >= 15 is 0 Å². The molecule has 0 aliphatic carbocycles. The summed E-state index contributed by atoms with van der Waals surface area (Å²) in [5.41, 5.74) is 0.398. The van der Waals surface area contributed by atoms with Crippen LogP contribution in [-0.2, 0) is 4.79 Å². The fourth-order valence-electron chi connectivity index (χ4n) is 1.40. The first-order valence-corrected chi connectivity index (χ1v) is 4.78. The summed E-state index contributed by atoms with van der Waals surface area (Å²) in [5, 5.41) is 9.05. The zero-order valence-corrected chi connectivity index (χ0v) is 8.80. The van der Waals surface area contributed by atoms with E-state index in [0.717, 1.165) is 6.42 Å². The molecular weight excluding hydrogens is 196 g/mol. The highest BCUT2D eigenvalue weighted by Crippen LogP contribution is 2.25. The number of methoxy groups -OCH3 is 1. The van der Waals surface area contributed by atoms with E-state index in [1.165, 1.54) is 19.5 Å². The Labute approximate surface area is 88.1 Å². The molecule has 0 saturated carbocycles. The van der Waals surface area contributed by atoms with Crippen molar-refractivity contribution < 1.29 is 14.6 Å². The average Bonchev–Trinajstić information content (AvgIpc) is 2.25. The van der Waals surface area contributed by atoms with Gasteiger partial charge in [-0.25, -0.2) is 4.98 Å². The van der Waals surface area contributed by atoms with Gasteiger partial charge in [0.15, 0.2) is 0 Å². The summed E-state index contributed by atoms with van der Waals surface area (Å²) in [6.45, 7) is 1.93. The van der Waals surface area contributed by atoms with Crippen LogP contribution in [0.3, 0.4) is 0 Å². The first-order chi connectivity index (χ1) is 7.20. The fraction of sp³-hybridized carbons (Fsp3) is 0.500. The summed E-state index contributed by atoms with van der Waals surface area (Å²) in [5.74, 6) is -1.24. The highest BCUT2D eigenvalue weighted by Gasteiger charge is 2.24. The maximum atomic E-state index is 11.0. The summed E-state index contributed by atoms with van der Waals surface area (Å²) < 4.78 is 4.99. The third kappa shape index (κ3) is 2.65. The van der Waals surface area contributed by atoms with Gasteiger partial charge in [-0.1, -0.05) is 13.3 Å². The lowest BCUT2D eigenvalue weighted by molar-refractivity contribution is -0.139. The van der Waals surface area contributed by atoms with Crippen LogP contribution in [0, 0.1) is 0 Å². The van der Waals surface area contributed by atoms with E-state index < -0.39 is 11.9 Å². The normalized spacial score (nSPS) is 12.1. The third-order valence-electron chi connectivity index (χ3n) is 2.09. The second kappa shape index (κ2) is 5.29. The molecule has 0 radical (unpaired) electrons. The van der Waals surface area contributed by atoms with Gasteiger partial charge >= 0.3 is 5.97 Å². The Balaban J connectivity index is 3.04. The number of ether oxygens (including phenoxy) is 1. The molecule has 0 spiro atoms. The van der Waals surface area contributed by atoms with Crippen molar-refractivity contribution in [2.24, 2.45) is 0 Å². The lowest BCUT2D eigenvalue weighted by atomic mass is 10.00.